The minimum Gasteiger partial charge on any atom is -0.489 e. The highest BCUT2D eigenvalue weighted by molar-refractivity contribution is 5.94. The number of rotatable bonds is 6. The predicted molar refractivity (Wildman–Crippen MR) is 141 cm³/mol. The first-order valence-electron chi connectivity index (χ1n) is 13.2. The van der Waals surface area contributed by atoms with Crippen molar-refractivity contribution in [2.75, 3.05) is 26.2 Å². The van der Waals surface area contributed by atoms with Crippen molar-refractivity contribution >= 4 is 5.91 Å². The van der Waals surface area contributed by atoms with Gasteiger partial charge in [0, 0.05) is 30.8 Å². The Morgan fingerprint density at radius 3 is 2.05 bits per heavy atom. The number of likely N-dealkylation sites (tertiary alicyclic amines) is 2. The maximum absolute atomic E-state index is 12.9. The second-order valence-electron chi connectivity index (χ2n) is 10.5. The van der Waals surface area contributed by atoms with Crippen LogP contribution in [0.4, 0.5) is 13.2 Å². The van der Waals surface area contributed by atoms with E-state index in [9.17, 15) is 18.0 Å². The maximum atomic E-state index is 12.9. The van der Waals surface area contributed by atoms with E-state index in [1.54, 1.807) is 4.90 Å². The fourth-order valence-corrected chi connectivity index (χ4v) is 5.61. The van der Waals surface area contributed by atoms with Crippen LogP contribution in [0.2, 0.25) is 0 Å². The van der Waals surface area contributed by atoms with Gasteiger partial charge in [0.1, 0.15) is 12.4 Å². The Morgan fingerprint density at radius 2 is 1.39 bits per heavy atom. The normalized spacial score (nSPS) is 17.9. The van der Waals surface area contributed by atoms with Crippen LogP contribution in [0.5, 0.6) is 5.75 Å². The van der Waals surface area contributed by atoms with Crippen LogP contribution < -0.4 is 4.74 Å². The molecule has 1 spiro atoms. The fraction of sp³-hybridized carbons (Fsp3) is 0.387. The molecule has 0 radical (unpaired) electrons. The molecule has 4 nitrogen and oxygen atoms in total. The lowest BCUT2D eigenvalue weighted by Gasteiger charge is -2.47. The quantitative estimate of drug-likeness (QED) is 0.357. The van der Waals surface area contributed by atoms with Gasteiger partial charge in [-0.1, -0.05) is 48.5 Å². The van der Waals surface area contributed by atoms with E-state index in [1.165, 1.54) is 17.7 Å². The number of hydrogen-bond acceptors (Lipinski definition) is 3. The van der Waals surface area contributed by atoms with Crippen LogP contribution in [-0.2, 0) is 19.3 Å². The molecule has 38 heavy (non-hydrogen) atoms. The Bertz CT molecular complexity index is 1210. The van der Waals surface area contributed by atoms with Crippen molar-refractivity contribution in [3.63, 3.8) is 0 Å². The van der Waals surface area contributed by atoms with Crippen molar-refractivity contribution in [3.8, 4) is 5.75 Å². The van der Waals surface area contributed by atoms with E-state index in [0.717, 1.165) is 68.8 Å². The molecule has 2 saturated heterocycles. The third kappa shape index (κ3) is 6.21. The van der Waals surface area contributed by atoms with Crippen molar-refractivity contribution in [1.29, 1.82) is 0 Å². The molecule has 5 rings (SSSR count). The van der Waals surface area contributed by atoms with E-state index in [2.05, 4.69) is 29.2 Å². The lowest BCUT2D eigenvalue weighted by molar-refractivity contribution is -0.137. The molecule has 0 saturated carbocycles. The molecular formula is C31H33F3N2O2. The van der Waals surface area contributed by atoms with E-state index in [1.807, 2.05) is 30.3 Å². The van der Waals surface area contributed by atoms with Crippen molar-refractivity contribution in [1.82, 2.24) is 9.80 Å². The zero-order chi connectivity index (χ0) is 26.6. The minimum atomic E-state index is -4.40. The van der Waals surface area contributed by atoms with Crippen LogP contribution in [0.15, 0.2) is 78.9 Å². The van der Waals surface area contributed by atoms with Crippen LogP contribution in [-0.4, -0.2) is 41.9 Å². The Hall–Kier alpha value is -3.32. The van der Waals surface area contributed by atoms with Gasteiger partial charge >= 0.3 is 6.18 Å². The second kappa shape index (κ2) is 11.2. The highest BCUT2D eigenvalue weighted by atomic mass is 19.4. The summed E-state index contributed by atoms with van der Waals surface area (Å²) < 4.78 is 44.7. The van der Waals surface area contributed by atoms with Gasteiger partial charge in [0.2, 0.25) is 0 Å². The largest absolute Gasteiger partial charge is 0.489 e. The number of carbonyl (C=O) groups is 1. The topological polar surface area (TPSA) is 32.8 Å². The summed E-state index contributed by atoms with van der Waals surface area (Å²) in [6.07, 6.45) is -0.357. The highest BCUT2D eigenvalue weighted by Crippen LogP contribution is 2.42. The van der Waals surface area contributed by atoms with Crippen LogP contribution in [0.1, 0.15) is 52.7 Å². The lowest BCUT2D eigenvalue weighted by atomic mass is 9.71. The average molecular weight is 523 g/mol. The zero-order valence-electron chi connectivity index (χ0n) is 21.4. The van der Waals surface area contributed by atoms with E-state index < -0.39 is 11.7 Å². The summed E-state index contributed by atoms with van der Waals surface area (Å²) in [6, 6.07) is 22.9. The van der Waals surface area contributed by atoms with Crippen molar-refractivity contribution in [3.05, 3.63) is 101 Å². The summed E-state index contributed by atoms with van der Waals surface area (Å²) in [5.74, 6) is 0.741. The van der Waals surface area contributed by atoms with E-state index >= 15 is 0 Å². The molecule has 3 aromatic rings. The number of carbonyl (C=O) groups excluding carboxylic acids is 1. The predicted octanol–water partition coefficient (Wildman–Crippen LogP) is 6.80. The van der Waals surface area contributed by atoms with Gasteiger partial charge in [0.05, 0.1) is 5.56 Å². The number of hydrogen-bond donors (Lipinski definition) is 0. The van der Waals surface area contributed by atoms with Crippen LogP contribution in [0.25, 0.3) is 0 Å². The van der Waals surface area contributed by atoms with Crippen molar-refractivity contribution in [2.45, 2.75) is 45.0 Å². The number of benzene rings is 3. The summed E-state index contributed by atoms with van der Waals surface area (Å²) in [4.78, 5) is 17.2. The smallest absolute Gasteiger partial charge is 0.416 e. The molecule has 2 heterocycles. The standard InChI is InChI=1S/C31H33F3N2O2/c32-31(33,34)27-12-10-25(11-13-27)29(37)36-20-16-30(17-21-36)14-18-35(19-15-30)22-26-8-4-5-9-28(26)38-23-24-6-2-1-3-7-24/h1-13H,14-23H2. The lowest BCUT2D eigenvalue weighted by Crippen LogP contribution is -2.48. The van der Waals surface area contributed by atoms with E-state index in [0.29, 0.717) is 25.3 Å². The summed E-state index contributed by atoms with van der Waals surface area (Å²) >= 11 is 0. The molecule has 0 aromatic heterocycles. The van der Waals surface area contributed by atoms with Gasteiger partial charge in [-0.05, 0) is 80.1 Å². The molecule has 2 aliphatic heterocycles. The van der Waals surface area contributed by atoms with Gasteiger partial charge < -0.3 is 9.64 Å². The molecule has 3 aromatic carbocycles. The molecule has 0 unspecified atom stereocenters. The molecule has 0 bridgehead atoms. The summed E-state index contributed by atoms with van der Waals surface area (Å²) in [5.41, 5.74) is 2.15. The van der Waals surface area contributed by atoms with Gasteiger partial charge in [0.15, 0.2) is 0 Å². The van der Waals surface area contributed by atoms with Gasteiger partial charge in [-0.3, -0.25) is 9.69 Å². The number of piperidine rings is 2. The highest BCUT2D eigenvalue weighted by Gasteiger charge is 2.39. The summed E-state index contributed by atoms with van der Waals surface area (Å²) in [7, 11) is 0. The molecule has 2 aliphatic rings. The van der Waals surface area contributed by atoms with E-state index in [-0.39, 0.29) is 11.3 Å². The first kappa shape index (κ1) is 26.3. The number of para-hydroxylation sites is 1. The maximum Gasteiger partial charge on any atom is 0.416 e. The number of ether oxygens (including phenoxy) is 1. The minimum absolute atomic E-state index is 0.182. The monoisotopic (exact) mass is 522 g/mol. The fourth-order valence-electron chi connectivity index (χ4n) is 5.61. The first-order valence-corrected chi connectivity index (χ1v) is 13.2. The number of halogens is 3. The third-order valence-electron chi connectivity index (χ3n) is 8.09. The van der Waals surface area contributed by atoms with Gasteiger partial charge in [0.25, 0.3) is 5.91 Å². The SMILES string of the molecule is O=C(c1ccc(C(F)(F)F)cc1)N1CCC2(CCN(Cc3ccccc3OCc3ccccc3)CC2)CC1. The number of alkyl halides is 3. The van der Waals surface area contributed by atoms with Crippen LogP contribution >= 0.6 is 0 Å². The van der Waals surface area contributed by atoms with Gasteiger partial charge in [-0.15, -0.1) is 0 Å². The number of nitrogens with zero attached hydrogens (tertiary/aromatic N) is 2. The zero-order valence-corrected chi connectivity index (χ0v) is 21.4. The van der Waals surface area contributed by atoms with Crippen LogP contribution in [0.3, 0.4) is 0 Å². The van der Waals surface area contributed by atoms with Gasteiger partial charge in [-0.2, -0.15) is 13.2 Å². The molecule has 2 fully saturated rings. The molecule has 0 atom stereocenters. The van der Waals surface area contributed by atoms with Gasteiger partial charge in [-0.25, -0.2) is 0 Å². The third-order valence-corrected chi connectivity index (χ3v) is 8.09. The Morgan fingerprint density at radius 1 is 0.789 bits per heavy atom. The molecule has 0 aliphatic carbocycles. The van der Waals surface area contributed by atoms with Crippen molar-refractivity contribution < 1.29 is 22.7 Å². The second-order valence-corrected chi connectivity index (χ2v) is 10.5. The Labute approximate surface area is 222 Å². The molecule has 200 valence electrons. The first-order chi connectivity index (χ1) is 18.3. The Balaban J connectivity index is 1.12. The van der Waals surface area contributed by atoms with E-state index in [4.69, 9.17) is 4.74 Å². The average Bonchev–Trinajstić information content (AvgIpc) is 2.94. The molecule has 0 N–H and O–H groups in total. The van der Waals surface area contributed by atoms with Crippen LogP contribution in [0, 0.1) is 5.41 Å². The molecule has 7 heteroatoms. The summed E-state index contributed by atoms with van der Waals surface area (Å²) in [5, 5.41) is 0. The molecular weight excluding hydrogens is 489 g/mol. The summed E-state index contributed by atoms with van der Waals surface area (Å²) in [6.45, 7) is 4.69. The number of amides is 1. The molecule has 1 amide bonds. The van der Waals surface area contributed by atoms with Crippen molar-refractivity contribution in [2.24, 2.45) is 5.41 Å². The Kier molecular flexibility index (Phi) is 7.75.